The minimum Gasteiger partial charge on any atom is -0.350 e. The molecule has 0 unspecified atom stereocenters. The van der Waals surface area contributed by atoms with Crippen LogP contribution in [-0.2, 0) is 6.54 Å². The number of amides is 1. The first-order valence-corrected chi connectivity index (χ1v) is 9.77. The molecule has 4 rings (SSSR count). The van der Waals surface area contributed by atoms with Crippen molar-refractivity contribution >= 4 is 5.91 Å². The van der Waals surface area contributed by atoms with Crippen LogP contribution in [0.15, 0.2) is 58.1 Å². The van der Waals surface area contributed by atoms with Gasteiger partial charge in [0.15, 0.2) is 0 Å². The van der Waals surface area contributed by atoms with E-state index in [0.717, 1.165) is 28.2 Å². The lowest BCUT2D eigenvalue weighted by Crippen LogP contribution is -2.46. The van der Waals surface area contributed by atoms with Crippen molar-refractivity contribution in [3.63, 3.8) is 0 Å². The van der Waals surface area contributed by atoms with Crippen molar-refractivity contribution < 1.29 is 9.18 Å². The van der Waals surface area contributed by atoms with E-state index >= 15 is 0 Å². The van der Waals surface area contributed by atoms with Crippen molar-refractivity contribution in [1.82, 2.24) is 19.7 Å². The number of carbonyl (C=O) groups excluding carboxylic acids is 1. The molecule has 1 amide bonds. The first kappa shape index (κ1) is 19.8. The maximum Gasteiger partial charge on any atom is 0.352 e. The number of aryl methyl sites for hydroxylation is 1. The van der Waals surface area contributed by atoms with Crippen molar-refractivity contribution in [3.8, 4) is 5.69 Å². The number of hydrogen-bond donors (Lipinski definition) is 1. The zero-order chi connectivity index (χ0) is 21.3. The zero-order valence-corrected chi connectivity index (χ0v) is 16.5. The van der Waals surface area contributed by atoms with E-state index in [9.17, 15) is 18.8 Å². The molecular weight excluding hydrogens is 387 g/mol. The van der Waals surface area contributed by atoms with Gasteiger partial charge in [-0.2, -0.15) is 9.78 Å². The number of aromatic nitrogens is 3. The molecule has 0 aliphatic heterocycles. The van der Waals surface area contributed by atoms with E-state index in [1.807, 2.05) is 6.07 Å². The highest BCUT2D eigenvalue weighted by Crippen LogP contribution is 2.27. The Balaban J connectivity index is 1.83. The number of nitrogens with zero attached hydrogens (tertiary/aromatic N) is 3. The van der Waals surface area contributed by atoms with Gasteiger partial charge in [0.2, 0.25) is 5.69 Å². The summed E-state index contributed by atoms with van der Waals surface area (Å²) in [5.74, 6) is -0.741. The van der Waals surface area contributed by atoms with E-state index in [-0.39, 0.29) is 12.2 Å². The van der Waals surface area contributed by atoms with Gasteiger partial charge in [0.25, 0.3) is 11.5 Å². The van der Waals surface area contributed by atoms with Gasteiger partial charge in [-0.3, -0.25) is 14.2 Å². The standard InChI is InChI=1S/C22H21FN4O3/c1-14-7-10-17(11-18(14)23)27-22(30)26(13-16-5-3-2-4-6-16)21(29)19(25-27)20(28)24-12-15-8-9-15/h2-7,10-11,15H,8-9,12-13H2,1H3,(H,24,28). The van der Waals surface area contributed by atoms with Crippen LogP contribution in [0.2, 0.25) is 0 Å². The summed E-state index contributed by atoms with van der Waals surface area (Å²) >= 11 is 0. The molecule has 3 aromatic rings. The first-order chi connectivity index (χ1) is 14.4. The number of halogens is 1. The third kappa shape index (κ3) is 4.07. The van der Waals surface area contributed by atoms with Gasteiger partial charge in [-0.25, -0.2) is 9.18 Å². The van der Waals surface area contributed by atoms with E-state index < -0.39 is 28.7 Å². The Hall–Kier alpha value is -3.55. The van der Waals surface area contributed by atoms with Gasteiger partial charge in [-0.15, -0.1) is 0 Å². The molecule has 0 bridgehead atoms. The highest BCUT2D eigenvalue weighted by molar-refractivity contribution is 5.91. The van der Waals surface area contributed by atoms with Crippen LogP contribution in [0, 0.1) is 18.7 Å². The van der Waals surface area contributed by atoms with Crippen LogP contribution < -0.4 is 16.6 Å². The lowest BCUT2D eigenvalue weighted by atomic mass is 10.2. The summed E-state index contributed by atoms with van der Waals surface area (Å²) in [7, 11) is 0. The second kappa shape index (κ2) is 8.06. The molecule has 2 aromatic carbocycles. The van der Waals surface area contributed by atoms with Gasteiger partial charge in [0.1, 0.15) is 5.82 Å². The zero-order valence-electron chi connectivity index (χ0n) is 16.5. The predicted octanol–water partition coefficient (Wildman–Crippen LogP) is 2.03. The summed E-state index contributed by atoms with van der Waals surface area (Å²) in [6, 6.07) is 13.1. The average Bonchev–Trinajstić information content (AvgIpc) is 3.57. The molecule has 1 fully saturated rings. The Morgan fingerprint density at radius 1 is 1.17 bits per heavy atom. The minimum absolute atomic E-state index is 0.0295. The van der Waals surface area contributed by atoms with Crippen LogP contribution in [0.5, 0.6) is 0 Å². The molecule has 1 N–H and O–H groups in total. The highest BCUT2D eigenvalue weighted by Gasteiger charge is 2.25. The Labute approximate surface area is 171 Å². The topological polar surface area (TPSA) is 86.0 Å². The Kier molecular flexibility index (Phi) is 5.31. The fourth-order valence-corrected chi connectivity index (χ4v) is 3.09. The molecule has 1 aromatic heterocycles. The second-order valence-corrected chi connectivity index (χ2v) is 7.51. The molecule has 0 saturated heterocycles. The summed E-state index contributed by atoms with van der Waals surface area (Å²) in [6.07, 6.45) is 2.07. The number of hydrogen-bond acceptors (Lipinski definition) is 4. The first-order valence-electron chi connectivity index (χ1n) is 9.77. The number of benzene rings is 2. The average molecular weight is 408 g/mol. The summed E-state index contributed by atoms with van der Waals surface area (Å²) in [5.41, 5.74) is -0.652. The van der Waals surface area contributed by atoms with E-state index in [0.29, 0.717) is 23.6 Å². The third-order valence-electron chi connectivity index (χ3n) is 5.11. The highest BCUT2D eigenvalue weighted by atomic mass is 19.1. The molecule has 154 valence electrons. The van der Waals surface area contributed by atoms with Crippen LogP contribution in [0.1, 0.15) is 34.5 Å². The fraction of sp³-hybridized carbons (Fsp3) is 0.273. The normalized spacial score (nSPS) is 13.3. The van der Waals surface area contributed by atoms with Crippen LogP contribution in [0.4, 0.5) is 4.39 Å². The van der Waals surface area contributed by atoms with Gasteiger partial charge in [-0.1, -0.05) is 36.4 Å². The van der Waals surface area contributed by atoms with Crippen molar-refractivity contribution in [3.05, 3.63) is 92.0 Å². The maximum atomic E-state index is 14.1. The molecule has 30 heavy (non-hydrogen) atoms. The number of rotatable bonds is 6. The quantitative estimate of drug-likeness (QED) is 0.676. The Morgan fingerprint density at radius 2 is 1.90 bits per heavy atom. The molecule has 0 radical (unpaired) electrons. The predicted molar refractivity (Wildman–Crippen MR) is 109 cm³/mol. The number of carbonyl (C=O) groups is 1. The molecular formula is C22H21FN4O3. The van der Waals surface area contributed by atoms with E-state index in [1.165, 1.54) is 12.1 Å². The van der Waals surface area contributed by atoms with Gasteiger partial charge in [-0.05, 0) is 42.9 Å². The van der Waals surface area contributed by atoms with Crippen LogP contribution >= 0.6 is 0 Å². The molecule has 8 heteroatoms. The van der Waals surface area contributed by atoms with Crippen LogP contribution in [0.25, 0.3) is 5.69 Å². The summed E-state index contributed by atoms with van der Waals surface area (Å²) < 4.78 is 16.0. The lowest BCUT2D eigenvalue weighted by molar-refractivity contribution is 0.0942. The Morgan fingerprint density at radius 3 is 2.57 bits per heavy atom. The molecule has 0 spiro atoms. The van der Waals surface area contributed by atoms with Gasteiger partial charge in [0.05, 0.1) is 12.2 Å². The van der Waals surface area contributed by atoms with E-state index in [4.69, 9.17) is 0 Å². The second-order valence-electron chi connectivity index (χ2n) is 7.51. The lowest BCUT2D eigenvalue weighted by Gasteiger charge is -2.13. The minimum atomic E-state index is -0.777. The van der Waals surface area contributed by atoms with Crippen LogP contribution in [-0.4, -0.2) is 26.8 Å². The monoisotopic (exact) mass is 408 g/mol. The molecule has 1 aliphatic carbocycles. The molecule has 7 nitrogen and oxygen atoms in total. The SMILES string of the molecule is Cc1ccc(-n2nc(C(=O)NCC3CC3)c(=O)n(Cc3ccccc3)c2=O)cc1F. The summed E-state index contributed by atoms with van der Waals surface area (Å²) in [4.78, 5) is 38.6. The van der Waals surface area contributed by atoms with Crippen molar-refractivity contribution in [2.45, 2.75) is 26.3 Å². The molecule has 1 aliphatic rings. The van der Waals surface area contributed by atoms with Crippen molar-refractivity contribution in [2.75, 3.05) is 6.54 Å². The largest absolute Gasteiger partial charge is 0.352 e. The van der Waals surface area contributed by atoms with Crippen molar-refractivity contribution in [1.29, 1.82) is 0 Å². The maximum absolute atomic E-state index is 14.1. The smallest absolute Gasteiger partial charge is 0.350 e. The van der Waals surface area contributed by atoms with Crippen LogP contribution in [0.3, 0.4) is 0 Å². The Bertz CT molecular complexity index is 1210. The summed E-state index contributed by atoms with van der Waals surface area (Å²) in [5, 5.41) is 6.71. The molecule has 1 heterocycles. The van der Waals surface area contributed by atoms with E-state index in [1.54, 1.807) is 31.2 Å². The fourth-order valence-electron chi connectivity index (χ4n) is 3.09. The van der Waals surface area contributed by atoms with Crippen molar-refractivity contribution in [2.24, 2.45) is 5.92 Å². The number of nitrogens with one attached hydrogen (secondary N) is 1. The molecule has 0 atom stereocenters. The van der Waals surface area contributed by atoms with Gasteiger partial charge < -0.3 is 5.32 Å². The summed E-state index contributed by atoms with van der Waals surface area (Å²) in [6.45, 7) is 2.03. The molecule has 1 saturated carbocycles. The van der Waals surface area contributed by atoms with Gasteiger partial charge in [0, 0.05) is 12.6 Å². The third-order valence-corrected chi connectivity index (χ3v) is 5.11. The van der Waals surface area contributed by atoms with E-state index in [2.05, 4.69) is 10.4 Å². The van der Waals surface area contributed by atoms with Gasteiger partial charge >= 0.3 is 5.69 Å².